The number of fused-ring (bicyclic) bond motifs is 2. The second kappa shape index (κ2) is 7.23. The Morgan fingerprint density at radius 1 is 1.16 bits per heavy atom. The molecule has 3 aromatic rings. The van der Waals surface area contributed by atoms with Crippen molar-refractivity contribution in [2.24, 2.45) is 5.92 Å². The molecule has 0 saturated heterocycles. The average molecular weight is 436 g/mol. The van der Waals surface area contributed by atoms with E-state index in [0.717, 1.165) is 47.6 Å². The van der Waals surface area contributed by atoms with Crippen molar-refractivity contribution in [3.05, 3.63) is 54.1 Å². The van der Waals surface area contributed by atoms with Crippen LogP contribution in [0.3, 0.4) is 0 Å². The molecule has 6 nitrogen and oxygen atoms in total. The molecule has 3 fully saturated rings. The summed E-state index contributed by atoms with van der Waals surface area (Å²) in [6.07, 6.45) is 10.1. The van der Waals surface area contributed by atoms with Crippen LogP contribution < -0.4 is 5.32 Å². The van der Waals surface area contributed by atoms with E-state index in [1.54, 1.807) is 0 Å². The normalized spacial score (nSPS) is 27.4. The smallest absolute Gasteiger partial charge is 0.226 e. The molecule has 3 aliphatic rings. The molecule has 3 aliphatic carbocycles. The fraction of sp³-hybridized carbons (Fsp3) is 0.458. The molecule has 0 spiro atoms. The quantitative estimate of drug-likeness (QED) is 0.415. The lowest BCUT2D eigenvalue weighted by Crippen LogP contribution is -2.18. The van der Waals surface area contributed by atoms with Gasteiger partial charge in [-0.1, -0.05) is 49.8 Å². The van der Waals surface area contributed by atoms with Gasteiger partial charge < -0.3 is 14.6 Å². The lowest BCUT2D eigenvalue weighted by Gasteiger charge is -2.17. The van der Waals surface area contributed by atoms with Crippen LogP contribution in [0, 0.1) is 5.92 Å². The Hall–Kier alpha value is -2.60. The fourth-order valence-corrected chi connectivity index (χ4v) is 5.82. The molecule has 6 rings (SSSR count). The van der Waals surface area contributed by atoms with Crippen LogP contribution in [0.5, 0.6) is 0 Å². The van der Waals surface area contributed by atoms with Crippen molar-refractivity contribution in [2.75, 3.05) is 5.32 Å². The Morgan fingerprint density at radius 2 is 1.97 bits per heavy atom. The van der Waals surface area contributed by atoms with Crippen LogP contribution in [0.15, 0.2) is 43.2 Å². The summed E-state index contributed by atoms with van der Waals surface area (Å²) in [7, 11) is 0. The lowest BCUT2D eigenvalue weighted by molar-refractivity contribution is 0.151. The average Bonchev–Trinajstić information content (AvgIpc) is 3.14. The van der Waals surface area contributed by atoms with Crippen molar-refractivity contribution in [3.8, 4) is 0 Å². The van der Waals surface area contributed by atoms with Gasteiger partial charge in [-0.15, -0.1) is 0 Å². The Labute approximate surface area is 186 Å². The zero-order valence-electron chi connectivity index (χ0n) is 17.4. The van der Waals surface area contributed by atoms with Gasteiger partial charge >= 0.3 is 0 Å². The molecule has 2 heterocycles. The van der Waals surface area contributed by atoms with Crippen LogP contribution in [0.2, 0.25) is 5.28 Å². The molecule has 3 unspecified atom stereocenters. The molecule has 2 aromatic heterocycles. The molecule has 7 heteroatoms. The number of imidazole rings is 1. The number of nitrogens with one attached hydrogen (secondary N) is 1. The third-order valence-corrected chi connectivity index (χ3v) is 7.52. The summed E-state index contributed by atoms with van der Waals surface area (Å²) in [6, 6.07) is 10.6. The van der Waals surface area contributed by atoms with E-state index >= 15 is 0 Å². The number of ether oxygens (including phenoxy) is 1. The SMILES string of the molecule is C=C(OC1CCC2(n3cnc4c(NC5CCCC5)nc(Cl)nc43)CC12)c1ccccc1. The lowest BCUT2D eigenvalue weighted by atomic mass is 10.1. The van der Waals surface area contributed by atoms with Crippen LogP contribution in [-0.2, 0) is 10.3 Å². The molecule has 3 atom stereocenters. The number of aromatic nitrogens is 4. The second-order valence-corrected chi connectivity index (χ2v) is 9.49. The first kappa shape index (κ1) is 19.1. The summed E-state index contributed by atoms with van der Waals surface area (Å²) in [6.45, 7) is 4.16. The Morgan fingerprint density at radius 3 is 2.74 bits per heavy atom. The highest BCUT2D eigenvalue weighted by molar-refractivity contribution is 6.28. The molecule has 31 heavy (non-hydrogen) atoms. The molecule has 0 bridgehead atoms. The van der Waals surface area contributed by atoms with Gasteiger partial charge in [-0.2, -0.15) is 9.97 Å². The highest BCUT2D eigenvalue weighted by Gasteiger charge is 2.64. The summed E-state index contributed by atoms with van der Waals surface area (Å²) >= 11 is 6.33. The van der Waals surface area contributed by atoms with Gasteiger partial charge in [0.2, 0.25) is 5.28 Å². The zero-order valence-corrected chi connectivity index (χ0v) is 18.2. The summed E-state index contributed by atoms with van der Waals surface area (Å²) in [5, 5.41) is 3.83. The third-order valence-electron chi connectivity index (χ3n) is 7.35. The molecular weight excluding hydrogens is 410 g/mol. The van der Waals surface area contributed by atoms with Crippen molar-refractivity contribution in [3.63, 3.8) is 0 Å². The number of anilines is 1. The van der Waals surface area contributed by atoms with Crippen molar-refractivity contribution in [1.29, 1.82) is 0 Å². The molecule has 1 aromatic carbocycles. The molecule has 160 valence electrons. The maximum Gasteiger partial charge on any atom is 0.226 e. The Bertz CT molecular complexity index is 1140. The maximum absolute atomic E-state index is 6.33. The van der Waals surface area contributed by atoms with Gasteiger partial charge in [-0.3, -0.25) is 0 Å². The van der Waals surface area contributed by atoms with E-state index in [-0.39, 0.29) is 16.9 Å². The van der Waals surface area contributed by atoms with Gasteiger partial charge in [0.25, 0.3) is 0 Å². The zero-order chi connectivity index (χ0) is 21.0. The van der Waals surface area contributed by atoms with Crippen molar-refractivity contribution >= 4 is 34.3 Å². The third kappa shape index (κ3) is 3.19. The van der Waals surface area contributed by atoms with Crippen LogP contribution >= 0.6 is 11.6 Å². The molecular formula is C24H26ClN5O. The van der Waals surface area contributed by atoms with Gasteiger partial charge in [0.05, 0.1) is 11.9 Å². The highest BCUT2D eigenvalue weighted by Crippen LogP contribution is 2.63. The number of rotatable bonds is 6. The summed E-state index contributed by atoms with van der Waals surface area (Å²) in [5.41, 5.74) is 2.69. The Balaban J connectivity index is 1.26. The number of halogens is 1. The number of hydrogen-bond acceptors (Lipinski definition) is 5. The van der Waals surface area contributed by atoms with Gasteiger partial charge in [-0.05, 0) is 43.7 Å². The van der Waals surface area contributed by atoms with Crippen LogP contribution in [-0.4, -0.2) is 31.7 Å². The Kier molecular flexibility index (Phi) is 4.46. The summed E-state index contributed by atoms with van der Waals surface area (Å²) in [4.78, 5) is 13.7. The molecule has 1 N–H and O–H groups in total. The largest absolute Gasteiger partial charge is 0.490 e. The van der Waals surface area contributed by atoms with Crippen molar-refractivity contribution in [1.82, 2.24) is 19.5 Å². The first-order chi connectivity index (χ1) is 15.1. The minimum Gasteiger partial charge on any atom is -0.490 e. The minimum absolute atomic E-state index is 0.0126. The van der Waals surface area contributed by atoms with Gasteiger partial charge in [0.1, 0.15) is 11.9 Å². The molecule has 3 saturated carbocycles. The van der Waals surface area contributed by atoms with Crippen LogP contribution in [0.1, 0.15) is 50.5 Å². The maximum atomic E-state index is 6.33. The van der Waals surface area contributed by atoms with E-state index in [2.05, 4.69) is 26.4 Å². The van der Waals surface area contributed by atoms with Crippen LogP contribution in [0.25, 0.3) is 16.9 Å². The fourth-order valence-electron chi connectivity index (χ4n) is 5.66. The van der Waals surface area contributed by atoms with E-state index in [1.807, 2.05) is 36.7 Å². The van der Waals surface area contributed by atoms with E-state index < -0.39 is 0 Å². The van der Waals surface area contributed by atoms with E-state index in [0.29, 0.717) is 12.0 Å². The van der Waals surface area contributed by atoms with E-state index in [1.165, 1.54) is 25.7 Å². The molecule has 0 radical (unpaired) electrons. The summed E-state index contributed by atoms with van der Waals surface area (Å²) in [5.74, 6) is 1.94. The van der Waals surface area contributed by atoms with E-state index in [9.17, 15) is 0 Å². The monoisotopic (exact) mass is 435 g/mol. The van der Waals surface area contributed by atoms with Gasteiger partial charge in [-0.25, -0.2) is 4.98 Å². The first-order valence-corrected chi connectivity index (χ1v) is 11.6. The number of hydrogen-bond donors (Lipinski definition) is 1. The number of benzene rings is 1. The van der Waals surface area contributed by atoms with Crippen molar-refractivity contribution < 1.29 is 4.74 Å². The highest BCUT2D eigenvalue weighted by atomic mass is 35.5. The molecule has 0 amide bonds. The standard InChI is InChI=1S/C24H26ClN5O/c1-15(16-7-3-2-4-8-16)31-19-11-12-24(13-18(19)24)30-14-26-20-21(27-17-9-5-6-10-17)28-23(25)29-22(20)30/h2-4,7-8,14,17-19H,1,5-6,9-13H2,(H,27,28,29). The van der Waals surface area contributed by atoms with Gasteiger partial charge in [0, 0.05) is 17.5 Å². The van der Waals surface area contributed by atoms with Gasteiger partial charge in [0.15, 0.2) is 17.0 Å². The van der Waals surface area contributed by atoms with E-state index in [4.69, 9.17) is 21.3 Å². The number of nitrogens with zero attached hydrogens (tertiary/aromatic N) is 4. The predicted octanol–water partition coefficient (Wildman–Crippen LogP) is 5.40. The second-order valence-electron chi connectivity index (χ2n) is 9.15. The first-order valence-electron chi connectivity index (χ1n) is 11.2. The predicted molar refractivity (Wildman–Crippen MR) is 122 cm³/mol. The van der Waals surface area contributed by atoms with Crippen LogP contribution in [0.4, 0.5) is 5.82 Å². The minimum atomic E-state index is 0.0126. The topological polar surface area (TPSA) is 64.9 Å². The van der Waals surface area contributed by atoms with Crippen molar-refractivity contribution in [2.45, 2.75) is 62.6 Å². The summed E-state index contributed by atoms with van der Waals surface area (Å²) < 4.78 is 8.55. The molecule has 0 aliphatic heterocycles.